The Bertz CT molecular complexity index is 801. The van der Waals surface area contributed by atoms with Gasteiger partial charge in [0.05, 0.1) is 22.8 Å². The number of nitrogens with one attached hydrogen (secondary N) is 3. The van der Waals surface area contributed by atoms with Crippen LogP contribution in [0.1, 0.15) is 6.92 Å². The van der Waals surface area contributed by atoms with Crippen molar-refractivity contribution in [3.8, 4) is 11.5 Å². The van der Waals surface area contributed by atoms with Crippen LogP contribution in [0.4, 0.5) is 10.5 Å². The minimum Gasteiger partial charge on any atom is -0.493 e. The second kappa shape index (κ2) is 9.17. The summed E-state index contributed by atoms with van der Waals surface area (Å²) in [7, 11) is 1.50. The summed E-state index contributed by atoms with van der Waals surface area (Å²) in [5.41, 5.74) is 4.77. The van der Waals surface area contributed by atoms with Crippen molar-refractivity contribution in [2.24, 2.45) is 0 Å². The molecule has 3 N–H and O–H groups in total. The number of hydrogen-bond acceptors (Lipinski definition) is 4. The number of benzene rings is 2. The van der Waals surface area contributed by atoms with E-state index in [-0.39, 0.29) is 5.02 Å². The first-order valence-corrected chi connectivity index (χ1v) is 8.28. The molecule has 0 saturated heterocycles. The first-order chi connectivity index (χ1) is 12.4. The summed E-state index contributed by atoms with van der Waals surface area (Å²) in [5, 5.41) is 2.97. The predicted octanol–water partition coefficient (Wildman–Crippen LogP) is 3.62. The van der Waals surface area contributed by atoms with Crippen LogP contribution in [0.2, 0.25) is 10.0 Å². The summed E-state index contributed by atoms with van der Waals surface area (Å²) in [5.74, 6) is 0.351. The Kier molecular flexibility index (Phi) is 6.94. The summed E-state index contributed by atoms with van der Waals surface area (Å²) < 4.78 is 10.7. The van der Waals surface area contributed by atoms with Crippen molar-refractivity contribution in [2.45, 2.75) is 13.0 Å². The molecule has 138 valence electrons. The van der Waals surface area contributed by atoms with Gasteiger partial charge in [0.1, 0.15) is 0 Å². The first kappa shape index (κ1) is 19.7. The highest BCUT2D eigenvalue weighted by molar-refractivity contribution is 6.43. The number of urea groups is 1. The Morgan fingerprint density at radius 2 is 1.69 bits per heavy atom. The topological polar surface area (TPSA) is 88.7 Å². The molecule has 0 unspecified atom stereocenters. The molecule has 0 aliphatic rings. The third-order valence-electron chi connectivity index (χ3n) is 3.24. The van der Waals surface area contributed by atoms with E-state index in [1.165, 1.54) is 14.0 Å². The van der Waals surface area contributed by atoms with E-state index in [1.807, 2.05) is 0 Å². The summed E-state index contributed by atoms with van der Waals surface area (Å²) in [6, 6.07) is 11.0. The van der Waals surface area contributed by atoms with Crippen molar-refractivity contribution in [1.29, 1.82) is 0 Å². The van der Waals surface area contributed by atoms with Gasteiger partial charge in [0.25, 0.3) is 5.91 Å². The molecule has 7 nitrogen and oxygen atoms in total. The van der Waals surface area contributed by atoms with Crippen LogP contribution in [0.3, 0.4) is 0 Å². The normalized spacial score (nSPS) is 11.2. The van der Waals surface area contributed by atoms with Gasteiger partial charge < -0.3 is 14.8 Å². The quantitative estimate of drug-likeness (QED) is 0.672. The largest absolute Gasteiger partial charge is 0.493 e. The van der Waals surface area contributed by atoms with Gasteiger partial charge in [-0.15, -0.1) is 0 Å². The van der Waals surface area contributed by atoms with Crippen LogP contribution in [0.5, 0.6) is 11.5 Å². The number of hydrazine groups is 1. The summed E-state index contributed by atoms with van der Waals surface area (Å²) in [6.45, 7) is 1.54. The Balaban J connectivity index is 1.87. The number of methoxy groups -OCH3 is 1. The molecule has 26 heavy (non-hydrogen) atoms. The van der Waals surface area contributed by atoms with E-state index in [0.717, 1.165) is 0 Å². The number of anilines is 1. The molecule has 0 aliphatic heterocycles. The van der Waals surface area contributed by atoms with Crippen LogP contribution < -0.4 is 25.6 Å². The monoisotopic (exact) mass is 397 g/mol. The summed E-state index contributed by atoms with van der Waals surface area (Å²) in [6.07, 6.45) is -0.874. The Morgan fingerprint density at radius 3 is 2.38 bits per heavy atom. The highest BCUT2D eigenvalue weighted by Crippen LogP contribution is 2.29. The fourth-order valence-electron chi connectivity index (χ4n) is 1.93. The first-order valence-electron chi connectivity index (χ1n) is 7.53. The standard InChI is InChI=1S/C17H17Cl2N3O4/c1-10(26-14-9-4-3-8-13(14)25-2)16(23)21-22-17(24)20-12-7-5-6-11(18)15(12)19/h3-10H,1-2H3,(H,21,23)(H2,20,22,24)/t10-/m0/s1. The van der Waals surface area contributed by atoms with E-state index >= 15 is 0 Å². The number of rotatable bonds is 5. The molecule has 1 atom stereocenters. The van der Waals surface area contributed by atoms with E-state index in [9.17, 15) is 9.59 Å². The number of carbonyl (C=O) groups is 2. The van der Waals surface area contributed by atoms with E-state index in [1.54, 1.807) is 42.5 Å². The van der Waals surface area contributed by atoms with Crippen molar-refractivity contribution in [3.05, 3.63) is 52.5 Å². The van der Waals surface area contributed by atoms with Crippen LogP contribution in [-0.2, 0) is 4.79 Å². The van der Waals surface area contributed by atoms with Crippen LogP contribution in [0, 0.1) is 0 Å². The van der Waals surface area contributed by atoms with Gasteiger partial charge in [-0.2, -0.15) is 0 Å². The molecule has 9 heteroatoms. The fourth-order valence-corrected chi connectivity index (χ4v) is 2.28. The lowest BCUT2D eigenvalue weighted by Crippen LogP contribution is -2.48. The lowest BCUT2D eigenvalue weighted by atomic mass is 10.3. The highest BCUT2D eigenvalue weighted by Gasteiger charge is 2.17. The van der Waals surface area contributed by atoms with Crippen molar-refractivity contribution in [2.75, 3.05) is 12.4 Å². The predicted molar refractivity (Wildman–Crippen MR) is 99.8 cm³/mol. The number of para-hydroxylation sites is 2. The molecule has 2 aromatic carbocycles. The smallest absolute Gasteiger partial charge is 0.337 e. The lowest BCUT2D eigenvalue weighted by Gasteiger charge is -2.17. The molecule has 3 amide bonds. The van der Waals surface area contributed by atoms with Gasteiger partial charge in [0.15, 0.2) is 17.6 Å². The van der Waals surface area contributed by atoms with Gasteiger partial charge in [-0.25, -0.2) is 10.2 Å². The summed E-state index contributed by atoms with van der Waals surface area (Å²) in [4.78, 5) is 23.9. The van der Waals surface area contributed by atoms with E-state index in [4.69, 9.17) is 32.7 Å². The summed E-state index contributed by atoms with van der Waals surface area (Å²) >= 11 is 11.8. The van der Waals surface area contributed by atoms with Crippen molar-refractivity contribution in [3.63, 3.8) is 0 Å². The van der Waals surface area contributed by atoms with Crippen LogP contribution in [0.25, 0.3) is 0 Å². The highest BCUT2D eigenvalue weighted by atomic mass is 35.5. The van der Waals surface area contributed by atoms with Gasteiger partial charge in [0, 0.05) is 0 Å². The molecular weight excluding hydrogens is 381 g/mol. The Labute approximate surface area is 160 Å². The van der Waals surface area contributed by atoms with Crippen LogP contribution in [0.15, 0.2) is 42.5 Å². The number of ether oxygens (including phenoxy) is 2. The molecule has 0 aliphatic carbocycles. The minimum atomic E-state index is -0.874. The average molecular weight is 398 g/mol. The molecule has 0 aromatic heterocycles. The zero-order valence-electron chi connectivity index (χ0n) is 14.0. The van der Waals surface area contributed by atoms with Gasteiger partial charge >= 0.3 is 6.03 Å². The molecule has 0 saturated carbocycles. The van der Waals surface area contributed by atoms with Crippen LogP contribution in [-0.4, -0.2) is 25.2 Å². The second-order valence-corrected chi connectivity index (χ2v) is 5.87. The van der Waals surface area contributed by atoms with Crippen molar-refractivity contribution in [1.82, 2.24) is 10.9 Å². The molecule has 0 spiro atoms. The molecular formula is C17H17Cl2N3O4. The maximum Gasteiger partial charge on any atom is 0.337 e. The van der Waals surface area contributed by atoms with Gasteiger partial charge in [0.2, 0.25) is 0 Å². The van der Waals surface area contributed by atoms with Gasteiger partial charge in [-0.05, 0) is 31.2 Å². The maximum absolute atomic E-state index is 12.1. The number of hydrogen-bond donors (Lipinski definition) is 3. The number of halogens is 2. The van der Waals surface area contributed by atoms with Gasteiger partial charge in [-0.1, -0.05) is 41.4 Å². The molecule has 0 heterocycles. The zero-order chi connectivity index (χ0) is 19.1. The van der Waals surface area contributed by atoms with Crippen molar-refractivity contribution < 1.29 is 19.1 Å². The third-order valence-corrected chi connectivity index (χ3v) is 4.06. The molecule has 0 radical (unpaired) electrons. The molecule has 2 rings (SSSR count). The maximum atomic E-state index is 12.1. The van der Waals surface area contributed by atoms with E-state index in [0.29, 0.717) is 22.2 Å². The van der Waals surface area contributed by atoms with E-state index < -0.39 is 18.0 Å². The molecule has 2 aromatic rings. The second-order valence-electron chi connectivity index (χ2n) is 5.08. The molecule has 0 bridgehead atoms. The Hall–Kier alpha value is -2.64. The zero-order valence-corrected chi connectivity index (χ0v) is 15.5. The number of amides is 3. The fraction of sp³-hybridized carbons (Fsp3) is 0.176. The lowest BCUT2D eigenvalue weighted by molar-refractivity contribution is -0.128. The van der Waals surface area contributed by atoms with Crippen molar-refractivity contribution >= 4 is 40.8 Å². The Morgan fingerprint density at radius 1 is 1.00 bits per heavy atom. The van der Waals surface area contributed by atoms with Gasteiger partial charge in [-0.3, -0.25) is 10.2 Å². The van der Waals surface area contributed by atoms with Crippen LogP contribution >= 0.6 is 23.2 Å². The molecule has 0 fully saturated rings. The SMILES string of the molecule is COc1ccccc1O[C@@H](C)C(=O)NNC(=O)Nc1cccc(Cl)c1Cl. The minimum absolute atomic E-state index is 0.198. The van der Waals surface area contributed by atoms with E-state index in [2.05, 4.69) is 16.2 Å². The number of carbonyl (C=O) groups excluding carboxylic acids is 2. The third kappa shape index (κ3) is 5.18. The average Bonchev–Trinajstić information content (AvgIpc) is 2.64.